The summed E-state index contributed by atoms with van der Waals surface area (Å²) in [5.41, 5.74) is 5.07. The lowest BCUT2D eigenvalue weighted by atomic mass is 10.1. The Morgan fingerprint density at radius 2 is 1.65 bits per heavy atom. The number of hydrogen-bond donors (Lipinski definition) is 1. The van der Waals surface area contributed by atoms with Crippen molar-refractivity contribution in [3.05, 3.63) is 83.9 Å². The van der Waals surface area contributed by atoms with Crippen LogP contribution in [0.4, 0.5) is 5.69 Å². The van der Waals surface area contributed by atoms with Crippen molar-refractivity contribution in [2.45, 2.75) is 18.7 Å². The number of benzene rings is 3. The summed E-state index contributed by atoms with van der Waals surface area (Å²) < 4.78 is 38.9. The molecule has 176 valence electrons. The maximum atomic E-state index is 13.4. The van der Waals surface area contributed by atoms with Gasteiger partial charge in [-0.2, -0.15) is 5.10 Å². The fourth-order valence-corrected chi connectivity index (χ4v) is 4.81. The van der Waals surface area contributed by atoms with Gasteiger partial charge >= 0.3 is 0 Å². The van der Waals surface area contributed by atoms with Crippen molar-refractivity contribution in [2.75, 3.05) is 24.1 Å². The summed E-state index contributed by atoms with van der Waals surface area (Å²) in [6.07, 6.45) is 0. The molecule has 0 fully saturated rings. The molecule has 0 aromatic heterocycles. The van der Waals surface area contributed by atoms with Gasteiger partial charge in [-0.05, 0) is 56.3 Å². The van der Waals surface area contributed by atoms with Gasteiger partial charge in [-0.15, -0.1) is 0 Å². The summed E-state index contributed by atoms with van der Waals surface area (Å²) in [5, 5.41) is 4.16. The Kier molecular flexibility index (Phi) is 6.83. The average molecular weight is 480 g/mol. The van der Waals surface area contributed by atoms with Crippen LogP contribution in [0, 0.1) is 6.92 Å². The van der Waals surface area contributed by atoms with Gasteiger partial charge in [0.05, 0.1) is 16.3 Å². The van der Waals surface area contributed by atoms with Crippen LogP contribution >= 0.6 is 0 Å². The van der Waals surface area contributed by atoms with Crippen molar-refractivity contribution >= 4 is 27.3 Å². The van der Waals surface area contributed by atoms with E-state index >= 15 is 0 Å². The topological polar surface area (TPSA) is 97.3 Å². The molecule has 1 N–H and O–H groups in total. The first-order valence-electron chi connectivity index (χ1n) is 10.7. The molecule has 0 aliphatic carbocycles. The van der Waals surface area contributed by atoms with Crippen LogP contribution in [0.2, 0.25) is 0 Å². The second-order valence-corrected chi connectivity index (χ2v) is 9.61. The van der Waals surface area contributed by atoms with Crippen molar-refractivity contribution in [3.63, 3.8) is 0 Å². The third-order valence-corrected chi connectivity index (χ3v) is 7.04. The van der Waals surface area contributed by atoms with Crippen LogP contribution in [-0.2, 0) is 14.8 Å². The van der Waals surface area contributed by atoms with Crippen LogP contribution in [0.5, 0.6) is 11.5 Å². The molecule has 3 aromatic rings. The number of carbonyl (C=O) groups is 1. The minimum Gasteiger partial charge on any atom is -0.486 e. The summed E-state index contributed by atoms with van der Waals surface area (Å²) in [6, 6.07) is 20.4. The minimum absolute atomic E-state index is 0.103. The molecule has 34 heavy (non-hydrogen) atoms. The summed E-state index contributed by atoms with van der Waals surface area (Å²) in [4.78, 5) is 12.9. The normalized spacial score (nSPS) is 13.3. The molecule has 1 aliphatic heterocycles. The Morgan fingerprint density at radius 1 is 0.971 bits per heavy atom. The number of rotatable bonds is 7. The van der Waals surface area contributed by atoms with Gasteiger partial charge in [0, 0.05) is 5.56 Å². The molecule has 1 aliphatic rings. The fourth-order valence-electron chi connectivity index (χ4n) is 3.39. The van der Waals surface area contributed by atoms with Crippen LogP contribution in [0.3, 0.4) is 0 Å². The minimum atomic E-state index is -3.97. The molecule has 0 unspecified atom stereocenters. The van der Waals surface area contributed by atoms with Crippen molar-refractivity contribution < 1.29 is 22.7 Å². The molecule has 0 atom stereocenters. The third-order valence-electron chi connectivity index (χ3n) is 5.25. The average Bonchev–Trinajstić information content (AvgIpc) is 2.86. The summed E-state index contributed by atoms with van der Waals surface area (Å²) in [5.74, 6) is 0.701. The molecule has 0 radical (unpaired) electrons. The van der Waals surface area contributed by atoms with Crippen LogP contribution in [-0.4, -0.2) is 39.8 Å². The highest BCUT2D eigenvalue weighted by Gasteiger charge is 2.27. The smallest absolute Gasteiger partial charge is 0.264 e. The van der Waals surface area contributed by atoms with Crippen LogP contribution in [0.1, 0.15) is 18.1 Å². The predicted molar refractivity (Wildman–Crippen MR) is 130 cm³/mol. The first-order valence-corrected chi connectivity index (χ1v) is 12.2. The van der Waals surface area contributed by atoms with Crippen LogP contribution in [0.15, 0.2) is 82.8 Å². The summed E-state index contributed by atoms with van der Waals surface area (Å²) >= 11 is 0. The number of sulfonamides is 1. The zero-order valence-corrected chi connectivity index (χ0v) is 19.7. The molecule has 1 amide bonds. The predicted octanol–water partition coefficient (Wildman–Crippen LogP) is 3.50. The molecule has 0 spiro atoms. The molecule has 1 heterocycles. The Hall–Kier alpha value is -3.85. The van der Waals surface area contributed by atoms with E-state index in [1.807, 2.05) is 13.0 Å². The summed E-state index contributed by atoms with van der Waals surface area (Å²) in [6.45, 7) is 4.15. The largest absolute Gasteiger partial charge is 0.486 e. The second-order valence-electron chi connectivity index (χ2n) is 7.75. The first-order chi connectivity index (χ1) is 16.3. The lowest BCUT2D eigenvalue weighted by molar-refractivity contribution is -0.119. The Bertz CT molecular complexity index is 1310. The molecule has 4 rings (SSSR count). The van der Waals surface area contributed by atoms with Gasteiger partial charge in [0.15, 0.2) is 11.5 Å². The SMILES string of the molecule is C/C(=N/NC(=O)CN(c1ccccc1)S(=O)(=O)c1ccc(C)cc1)c1ccc2c(c1)OCCO2. The molecule has 8 nitrogen and oxygen atoms in total. The van der Waals surface area contributed by atoms with Gasteiger partial charge in [0.25, 0.3) is 15.9 Å². The monoisotopic (exact) mass is 479 g/mol. The van der Waals surface area contributed by atoms with Gasteiger partial charge in [0.1, 0.15) is 19.8 Å². The highest BCUT2D eigenvalue weighted by molar-refractivity contribution is 7.92. The standard InChI is InChI=1S/C25H25N3O5S/c1-18-8-11-22(12-9-18)34(30,31)28(21-6-4-3-5-7-21)17-25(29)27-26-19(2)20-10-13-23-24(16-20)33-15-14-32-23/h3-13,16H,14-15,17H2,1-2H3,(H,27,29)/b26-19-. The van der Waals surface area contributed by atoms with Crippen molar-refractivity contribution in [1.82, 2.24) is 5.43 Å². The summed E-state index contributed by atoms with van der Waals surface area (Å²) in [7, 11) is -3.97. The van der Waals surface area contributed by atoms with E-state index in [9.17, 15) is 13.2 Å². The molecule has 0 bridgehead atoms. The van der Waals surface area contributed by atoms with Crippen LogP contribution in [0.25, 0.3) is 0 Å². The van der Waals surface area contributed by atoms with Gasteiger partial charge in [-0.1, -0.05) is 35.9 Å². The lowest BCUT2D eigenvalue weighted by Crippen LogP contribution is -2.39. The van der Waals surface area contributed by atoms with E-state index < -0.39 is 22.5 Å². The second kappa shape index (κ2) is 9.96. The number of carbonyl (C=O) groups excluding carboxylic acids is 1. The number of fused-ring (bicyclic) bond motifs is 1. The highest BCUT2D eigenvalue weighted by atomic mass is 32.2. The van der Waals surface area contributed by atoms with E-state index in [1.165, 1.54) is 12.1 Å². The molecular formula is C25H25N3O5S. The van der Waals surface area contributed by atoms with E-state index in [0.717, 1.165) is 15.4 Å². The Morgan fingerprint density at radius 3 is 2.35 bits per heavy atom. The van der Waals surface area contributed by atoms with Gasteiger partial charge in [-0.3, -0.25) is 9.10 Å². The molecule has 3 aromatic carbocycles. The Labute approximate surface area is 198 Å². The molecule has 9 heteroatoms. The van der Waals surface area contributed by atoms with Crippen molar-refractivity contribution in [2.24, 2.45) is 5.10 Å². The lowest BCUT2D eigenvalue weighted by Gasteiger charge is -2.23. The van der Waals surface area contributed by atoms with Crippen molar-refractivity contribution in [3.8, 4) is 11.5 Å². The van der Waals surface area contributed by atoms with E-state index in [1.54, 1.807) is 61.5 Å². The molecule has 0 saturated heterocycles. The zero-order valence-electron chi connectivity index (χ0n) is 18.9. The number of ether oxygens (including phenoxy) is 2. The van der Waals surface area contributed by atoms with E-state index in [-0.39, 0.29) is 4.90 Å². The number of para-hydroxylation sites is 1. The number of aryl methyl sites for hydroxylation is 1. The number of hydrazone groups is 1. The highest BCUT2D eigenvalue weighted by Crippen LogP contribution is 2.31. The van der Waals surface area contributed by atoms with Gasteiger partial charge in [-0.25, -0.2) is 13.8 Å². The van der Waals surface area contributed by atoms with Crippen LogP contribution < -0.4 is 19.2 Å². The van der Waals surface area contributed by atoms with Gasteiger partial charge < -0.3 is 9.47 Å². The number of amides is 1. The fraction of sp³-hybridized carbons (Fsp3) is 0.200. The molecule has 0 saturated carbocycles. The third kappa shape index (κ3) is 5.20. The molecular weight excluding hydrogens is 454 g/mol. The van der Waals surface area contributed by atoms with Crippen molar-refractivity contribution in [1.29, 1.82) is 0 Å². The number of anilines is 1. The number of nitrogens with one attached hydrogen (secondary N) is 1. The van der Waals surface area contributed by atoms with E-state index in [4.69, 9.17) is 9.47 Å². The zero-order chi connectivity index (χ0) is 24.1. The van der Waals surface area contributed by atoms with E-state index in [0.29, 0.717) is 36.1 Å². The quantitative estimate of drug-likeness (QED) is 0.413. The van der Waals surface area contributed by atoms with E-state index in [2.05, 4.69) is 10.5 Å². The Balaban J connectivity index is 1.53. The number of hydrogen-bond acceptors (Lipinski definition) is 6. The van der Waals surface area contributed by atoms with Gasteiger partial charge in [0.2, 0.25) is 0 Å². The maximum absolute atomic E-state index is 13.4. The first kappa shape index (κ1) is 23.3. The maximum Gasteiger partial charge on any atom is 0.264 e. The number of nitrogens with zero attached hydrogens (tertiary/aromatic N) is 2.